The quantitative estimate of drug-likeness (QED) is 0.162. The molecule has 0 spiro atoms. The number of halogens is 2. The molecule has 1 aliphatic rings. The average molecular weight is 737 g/mol. The Balaban J connectivity index is 1.56. The molecule has 0 unspecified atom stereocenters. The summed E-state index contributed by atoms with van der Waals surface area (Å²) in [7, 11) is -4.20. The van der Waals surface area contributed by atoms with Crippen LogP contribution in [0.25, 0.3) is 0 Å². The number of aryl methyl sites for hydroxylation is 1. The third kappa shape index (κ3) is 9.24. The van der Waals surface area contributed by atoms with Gasteiger partial charge < -0.3 is 10.2 Å². The third-order valence-electron chi connectivity index (χ3n) is 8.46. The van der Waals surface area contributed by atoms with Gasteiger partial charge in [0.25, 0.3) is 10.0 Å². The summed E-state index contributed by atoms with van der Waals surface area (Å²) in [6.07, 6.45) is 5.30. The summed E-state index contributed by atoms with van der Waals surface area (Å²) in [6, 6.07) is 29.2. The van der Waals surface area contributed by atoms with Gasteiger partial charge in [-0.2, -0.15) is 0 Å². The summed E-state index contributed by atoms with van der Waals surface area (Å²) in [5, 5.41) is 3.64. The van der Waals surface area contributed by atoms with Crippen molar-refractivity contribution >= 4 is 55.1 Å². The molecule has 2 amide bonds. The summed E-state index contributed by atoms with van der Waals surface area (Å²) in [5.74, 6) is -0.736. The minimum absolute atomic E-state index is 0.00606. The SMILES string of the molecule is Cc1cccc(N(CC(=O)N(Cc2ccc(Br)cc2)[C@@H](Cc2ccccc2)C(=O)NC2CCCCC2)S(=O)(=O)c2ccc(Cl)cc2)c1. The topological polar surface area (TPSA) is 86.8 Å². The average Bonchev–Trinajstić information content (AvgIpc) is 3.07. The lowest BCUT2D eigenvalue weighted by Crippen LogP contribution is -2.55. The Morgan fingerprint density at radius 2 is 1.55 bits per heavy atom. The first kappa shape index (κ1) is 34.7. The van der Waals surface area contributed by atoms with Gasteiger partial charge in [-0.3, -0.25) is 13.9 Å². The standard InChI is InChI=1S/C37H39BrClN3O4S/c1-27-9-8-14-33(23-27)42(47(45,46)34-21-19-31(39)20-22-34)26-36(43)41(25-29-15-17-30(38)18-16-29)35(24-28-10-4-2-5-11-28)37(44)40-32-12-6-3-7-13-32/h2,4-5,8-11,14-23,32,35H,3,6-7,12-13,24-26H2,1H3,(H,40,44)/t35-/m0/s1. The zero-order chi connectivity index (χ0) is 33.4. The number of hydrogen-bond donors (Lipinski definition) is 1. The van der Waals surface area contributed by atoms with E-state index in [1.807, 2.05) is 67.6 Å². The zero-order valence-electron chi connectivity index (χ0n) is 26.3. The molecule has 5 rings (SSSR count). The normalized spacial score (nSPS) is 14.3. The fourth-order valence-electron chi connectivity index (χ4n) is 5.93. The molecule has 4 aromatic rings. The molecule has 1 saturated carbocycles. The van der Waals surface area contributed by atoms with E-state index in [0.29, 0.717) is 10.7 Å². The van der Waals surface area contributed by atoms with Crippen molar-refractivity contribution in [2.45, 2.75) is 69.0 Å². The predicted molar refractivity (Wildman–Crippen MR) is 191 cm³/mol. The smallest absolute Gasteiger partial charge is 0.264 e. The summed E-state index contributed by atoms with van der Waals surface area (Å²) >= 11 is 9.56. The fraction of sp³-hybridized carbons (Fsp3) is 0.297. The van der Waals surface area contributed by atoms with Crippen LogP contribution in [0.3, 0.4) is 0 Å². The molecule has 4 aromatic carbocycles. The fourth-order valence-corrected chi connectivity index (χ4v) is 7.73. The Hall–Kier alpha value is -3.66. The van der Waals surface area contributed by atoms with Crippen LogP contribution < -0.4 is 9.62 Å². The number of carbonyl (C=O) groups excluding carboxylic acids is 2. The van der Waals surface area contributed by atoms with Crippen LogP contribution in [0.4, 0.5) is 5.69 Å². The van der Waals surface area contributed by atoms with Crippen molar-refractivity contribution in [2.24, 2.45) is 0 Å². The van der Waals surface area contributed by atoms with Crippen LogP contribution in [0, 0.1) is 6.92 Å². The van der Waals surface area contributed by atoms with E-state index in [0.717, 1.165) is 57.6 Å². The number of rotatable bonds is 12. The molecule has 0 heterocycles. The van der Waals surface area contributed by atoms with E-state index in [9.17, 15) is 18.0 Å². The number of hydrogen-bond acceptors (Lipinski definition) is 4. The van der Waals surface area contributed by atoms with Gasteiger partial charge in [-0.1, -0.05) is 101 Å². The highest BCUT2D eigenvalue weighted by Crippen LogP contribution is 2.27. The summed E-state index contributed by atoms with van der Waals surface area (Å²) in [5.41, 5.74) is 2.90. The van der Waals surface area contributed by atoms with Gasteiger partial charge in [0, 0.05) is 28.5 Å². The second-order valence-electron chi connectivity index (χ2n) is 12.0. The molecule has 1 N–H and O–H groups in total. The van der Waals surface area contributed by atoms with Crippen LogP contribution in [-0.4, -0.2) is 43.8 Å². The largest absolute Gasteiger partial charge is 0.352 e. The van der Waals surface area contributed by atoms with Crippen LogP contribution in [0.5, 0.6) is 0 Å². The Labute approximate surface area is 291 Å². The minimum atomic E-state index is -4.20. The molecule has 246 valence electrons. The maximum absolute atomic E-state index is 14.7. The summed E-state index contributed by atoms with van der Waals surface area (Å²) < 4.78 is 30.4. The molecule has 47 heavy (non-hydrogen) atoms. The molecule has 0 saturated heterocycles. The van der Waals surface area contributed by atoms with Crippen molar-refractivity contribution in [3.8, 4) is 0 Å². The number of nitrogens with zero attached hydrogens (tertiary/aromatic N) is 2. The van der Waals surface area contributed by atoms with Gasteiger partial charge in [-0.25, -0.2) is 8.42 Å². The second-order valence-corrected chi connectivity index (χ2v) is 15.2. The number of sulfonamides is 1. The predicted octanol–water partition coefficient (Wildman–Crippen LogP) is 7.70. The van der Waals surface area contributed by atoms with E-state index >= 15 is 0 Å². The number of nitrogens with one attached hydrogen (secondary N) is 1. The highest BCUT2D eigenvalue weighted by molar-refractivity contribution is 9.10. The number of benzene rings is 4. The lowest BCUT2D eigenvalue weighted by Gasteiger charge is -2.35. The van der Waals surface area contributed by atoms with E-state index in [2.05, 4.69) is 21.2 Å². The van der Waals surface area contributed by atoms with Gasteiger partial charge in [-0.05, 0) is 85.0 Å². The molecule has 1 aliphatic carbocycles. The van der Waals surface area contributed by atoms with E-state index in [1.165, 1.54) is 29.2 Å². The van der Waals surface area contributed by atoms with Crippen molar-refractivity contribution in [2.75, 3.05) is 10.8 Å². The van der Waals surface area contributed by atoms with Gasteiger partial charge in [0.15, 0.2) is 0 Å². The summed E-state index contributed by atoms with van der Waals surface area (Å²) in [4.78, 5) is 30.4. The molecule has 0 radical (unpaired) electrons. The lowest BCUT2D eigenvalue weighted by atomic mass is 9.94. The minimum Gasteiger partial charge on any atom is -0.352 e. The van der Waals surface area contributed by atoms with Crippen molar-refractivity contribution in [3.63, 3.8) is 0 Å². The number of amides is 2. The van der Waals surface area contributed by atoms with E-state index in [1.54, 1.807) is 18.2 Å². The van der Waals surface area contributed by atoms with Crippen LogP contribution in [0.15, 0.2) is 112 Å². The second kappa shape index (κ2) is 16.0. The van der Waals surface area contributed by atoms with Crippen molar-refractivity contribution < 1.29 is 18.0 Å². The summed E-state index contributed by atoms with van der Waals surface area (Å²) in [6.45, 7) is 1.47. The Kier molecular flexibility index (Phi) is 11.8. The highest BCUT2D eigenvalue weighted by Gasteiger charge is 2.35. The highest BCUT2D eigenvalue weighted by atomic mass is 79.9. The molecule has 0 bridgehead atoms. The van der Waals surface area contributed by atoms with Crippen LogP contribution in [-0.2, 0) is 32.6 Å². The van der Waals surface area contributed by atoms with E-state index in [4.69, 9.17) is 11.6 Å². The van der Waals surface area contributed by atoms with Gasteiger partial charge in [0.1, 0.15) is 12.6 Å². The van der Waals surface area contributed by atoms with E-state index in [-0.39, 0.29) is 29.8 Å². The van der Waals surface area contributed by atoms with Crippen LogP contribution in [0.1, 0.15) is 48.8 Å². The molecule has 0 aromatic heterocycles. The number of carbonyl (C=O) groups is 2. The van der Waals surface area contributed by atoms with Crippen molar-refractivity contribution in [1.29, 1.82) is 0 Å². The van der Waals surface area contributed by atoms with E-state index < -0.39 is 28.5 Å². The monoisotopic (exact) mass is 735 g/mol. The molecular formula is C37H39BrClN3O4S. The Morgan fingerprint density at radius 1 is 0.872 bits per heavy atom. The third-order valence-corrected chi connectivity index (χ3v) is 11.0. The molecule has 7 nitrogen and oxygen atoms in total. The van der Waals surface area contributed by atoms with Gasteiger partial charge in [-0.15, -0.1) is 0 Å². The van der Waals surface area contributed by atoms with Crippen molar-refractivity contribution in [3.05, 3.63) is 129 Å². The van der Waals surface area contributed by atoms with Crippen LogP contribution >= 0.6 is 27.5 Å². The molecule has 1 atom stereocenters. The Morgan fingerprint density at radius 3 is 2.21 bits per heavy atom. The maximum Gasteiger partial charge on any atom is 0.264 e. The molecular weight excluding hydrogens is 698 g/mol. The van der Waals surface area contributed by atoms with Gasteiger partial charge in [0.05, 0.1) is 10.6 Å². The van der Waals surface area contributed by atoms with Crippen LogP contribution in [0.2, 0.25) is 5.02 Å². The first-order chi connectivity index (χ1) is 22.6. The molecule has 1 fully saturated rings. The first-order valence-corrected chi connectivity index (χ1v) is 18.4. The maximum atomic E-state index is 14.7. The number of anilines is 1. The molecule has 10 heteroatoms. The van der Waals surface area contributed by atoms with Crippen molar-refractivity contribution in [1.82, 2.24) is 10.2 Å². The zero-order valence-corrected chi connectivity index (χ0v) is 29.5. The van der Waals surface area contributed by atoms with Gasteiger partial charge >= 0.3 is 0 Å². The Bertz CT molecular complexity index is 1760. The van der Waals surface area contributed by atoms with Gasteiger partial charge in [0.2, 0.25) is 11.8 Å². The first-order valence-electron chi connectivity index (χ1n) is 15.8. The lowest BCUT2D eigenvalue weighted by molar-refractivity contribution is -0.140. The molecule has 0 aliphatic heterocycles.